The van der Waals surface area contributed by atoms with Crippen LogP contribution in [0.25, 0.3) is 0 Å². The summed E-state index contributed by atoms with van der Waals surface area (Å²) in [5.41, 5.74) is -1.45. The molecule has 1 N–H and O–H groups in total. The highest BCUT2D eigenvalue weighted by atomic mass is 32.2. The predicted molar refractivity (Wildman–Crippen MR) is 139 cm³/mol. The Kier molecular flexibility index (Phi) is 9.50. The lowest BCUT2D eigenvalue weighted by Gasteiger charge is -2.47. The first-order valence-electron chi connectivity index (χ1n) is 11.1. The van der Waals surface area contributed by atoms with Gasteiger partial charge in [-0.3, -0.25) is 0 Å². The Balaban J connectivity index is 0.00000241. The number of halogens is 5. The molecule has 5 nitrogen and oxygen atoms in total. The lowest BCUT2D eigenvalue weighted by molar-refractivity contribution is -0.137. The normalized spacial score (nSPS) is 27.4. The average Bonchev–Trinajstić information content (AvgIpc) is 2.79. The number of sulfone groups is 1. The van der Waals surface area contributed by atoms with Crippen molar-refractivity contribution in [3.8, 4) is 0 Å². The summed E-state index contributed by atoms with van der Waals surface area (Å²) in [7, 11) is -8.14. The molecule has 2 aromatic rings. The summed E-state index contributed by atoms with van der Waals surface area (Å²) < 4.78 is 122. The molecule has 2 fully saturated rings. The maximum Gasteiger partial charge on any atom is 0.416 e. The van der Waals surface area contributed by atoms with Crippen molar-refractivity contribution in [1.82, 2.24) is 4.72 Å². The zero-order valence-electron chi connectivity index (χ0n) is 19.6. The minimum absolute atomic E-state index is 0. The largest absolute Gasteiger partial charge is 0.416 e. The number of sulfonamides is 1. The molecule has 1 aliphatic carbocycles. The Hall–Kier alpha value is -1.35. The second-order valence-electron chi connectivity index (χ2n) is 9.18. The van der Waals surface area contributed by atoms with Crippen LogP contribution < -0.4 is 4.72 Å². The Labute approximate surface area is 227 Å². The molecule has 1 saturated carbocycles. The van der Waals surface area contributed by atoms with Crippen molar-refractivity contribution in [2.24, 2.45) is 5.92 Å². The van der Waals surface area contributed by atoms with Gasteiger partial charge in [0.25, 0.3) is 0 Å². The fourth-order valence-electron chi connectivity index (χ4n) is 5.38. The Bertz CT molecular complexity index is 1330. The number of benzene rings is 2. The van der Waals surface area contributed by atoms with E-state index in [1.54, 1.807) is 6.92 Å². The van der Waals surface area contributed by atoms with Crippen molar-refractivity contribution in [1.29, 1.82) is 0 Å². The third kappa shape index (κ3) is 5.68. The maximum absolute atomic E-state index is 15.1. The lowest BCUT2D eigenvalue weighted by atomic mass is 9.72. The van der Waals surface area contributed by atoms with Crippen molar-refractivity contribution in [3.63, 3.8) is 0 Å². The van der Waals surface area contributed by atoms with Crippen LogP contribution >= 0.6 is 27.0 Å². The summed E-state index contributed by atoms with van der Waals surface area (Å²) in [4.78, 5) is -0.448. The zero-order valence-corrected chi connectivity index (χ0v) is 23.3. The molecule has 4 atom stereocenters. The number of alkyl halides is 3. The van der Waals surface area contributed by atoms with E-state index < -0.39 is 75.7 Å². The summed E-state index contributed by atoms with van der Waals surface area (Å²) in [6, 6.07) is 4.82. The van der Waals surface area contributed by atoms with Crippen LogP contribution in [0, 0.1) is 17.6 Å². The van der Waals surface area contributed by atoms with Gasteiger partial charge in [0.15, 0.2) is 9.84 Å². The highest BCUT2D eigenvalue weighted by Gasteiger charge is 2.55. The van der Waals surface area contributed by atoms with Gasteiger partial charge in [0.1, 0.15) is 16.4 Å². The average molecular weight is 606 g/mol. The van der Waals surface area contributed by atoms with Crippen molar-refractivity contribution in [2.45, 2.75) is 66.1 Å². The minimum atomic E-state index is -4.68. The van der Waals surface area contributed by atoms with Crippen LogP contribution in [0.1, 0.15) is 50.2 Å². The summed E-state index contributed by atoms with van der Waals surface area (Å²) in [6.07, 6.45) is -4.67. The van der Waals surface area contributed by atoms with E-state index in [9.17, 15) is 34.4 Å². The molecule has 208 valence electrons. The highest BCUT2D eigenvalue weighted by molar-refractivity contribution is 7.92. The van der Waals surface area contributed by atoms with Crippen molar-refractivity contribution in [3.05, 3.63) is 65.2 Å². The van der Waals surface area contributed by atoms with E-state index in [0.29, 0.717) is 12.1 Å². The van der Waals surface area contributed by atoms with Crippen LogP contribution in [-0.4, -0.2) is 28.1 Å². The third-order valence-corrected chi connectivity index (χ3v) is 11.8. The molecule has 0 spiro atoms. The molecule has 1 aliphatic heterocycles. The van der Waals surface area contributed by atoms with Gasteiger partial charge in [0, 0.05) is 11.6 Å². The first-order valence-corrected chi connectivity index (χ1v) is 14.1. The van der Waals surface area contributed by atoms with Gasteiger partial charge in [-0.25, -0.2) is 30.3 Å². The molecular formula is C23H28F5NO4S4. The van der Waals surface area contributed by atoms with Gasteiger partial charge >= 0.3 is 6.18 Å². The molecule has 1 heterocycles. The monoisotopic (exact) mass is 605 g/mol. The molecule has 0 unspecified atom stereocenters. The standard InChI is InChI=1S/C23H24F5NO4S2.2H2S/c1-2-17-11-14-13-22(10-9-21(14)29-35(17,32)33,19-12-16(24)5-8-20(19)25)34(30,31)18-6-3-15(4-7-18)23(26,27)28;;/h3-8,12,14,17,21,29H,2,9-11,13H2,1H3;2*1H2/t14-,17+,21+,22-;;/m0../s1. The molecule has 37 heavy (non-hydrogen) atoms. The SMILES string of the molecule is CC[C@@H]1C[C@H]2C[C@@](c3cc(F)ccc3F)(S(=O)(=O)c3ccc(C(F)(F)F)cc3)CC[C@H]2NS1(=O)=O.S.S. The van der Waals surface area contributed by atoms with Gasteiger partial charge in [-0.2, -0.15) is 40.2 Å². The molecule has 2 aliphatic rings. The van der Waals surface area contributed by atoms with Crippen LogP contribution in [0.3, 0.4) is 0 Å². The van der Waals surface area contributed by atoms with Crippen LogP contribution in [0.2, 0.25) is 0 Å². The Morgan fingerprint density at radius 3 is 2.24 bits per heavy atom. The summed E-state index contributed by atoms with van der Waals surface area (Å²) in [5.74, 6) is -2.31. The van der Waals surface area contributed by atoms with Gasteiger partial charge in [0.2, 0.25) is 10.0 Å². The Morgan fingerprint density at radius 2 is 1.68 bits per heavy atom. The number of rotatable bonds is 4. The lowest BCUT2D eigenvalue weighted by Crippen LogP contribution is -2.57. The predicted octanol–water partition coefficient (Wildman–Crippen LogP) is 5.15. The van der Waals surface area contributed by atoms with Gasteiger partial charge in [-0.1, -0.05) is 6.92 Å². The van der Waals surface area contributed by atoms with Crippen molar-refractivity contribution < 1.29 is 38.8 Å². The number of fused-ring (bicyclic) bond motifs is 1. The van der Waals surface area contributed by atoms with E-state index in [2.05, 4.69) is 4.72 Å². The first kappa shape index (κ1) is 31.9. The number of hydrogen-bond acceptors (Lipinski definition) is 4. The third-order valence-electron chi connectivity index (χ3n) is 7.22. The summed E-state index contributed by atoms with van der Waals surface area (Å²) in [6.45, 7) is 1.69. The number of hydrogen-bond donors (Lipinski definition) is 1. The van der Waals surface area contributed by atoms with Crippen molar-refractivity contribution in [2.75, 3.05) is 0 Å². The second-order valence-corrected chi connectivity index (χ2v) is 13.4. The van der Waals surface area contributed by atoms with Gasteiger partial charge in [0.05, 0.1) is 15.7 Å². The van der Waals surface area contributed by atoms with Crippen molar-refractivity contribution >= 4 is 46.9 Å². The topological polar surface area (TPSA) is 80.3 Å². The van der Waals surface area contributed by atoms with Crippen LogP contribution in [-0.2, 0) is 30.8 Å². The van der Waals surface area contributed by atoms with Gasteiger partial charge in [-0.15, -0.1) is 0 Å². The molecule has 0 amide bonds. The van der Waals surface area contributed by atoms with E-state index in [0.717, 1.165) is 30.3 Å². The summed E-state index contributed by atoms with van der Waals surface area (Å²) in [5, 5.41) is -0.773. The van der Waals surface area contributed by atoms with Crippen LogP contribution in [0.15, 0.2) is 47.4 Å². The fraction of sp³-hybridized carbons (Fsp3) is 0.478. The van der Waals surface area contributed by atoms with E-state index in [-0.39, 0.29) is 59.1 Å². The van der Waals surface area contributed by atoms with E-state index >= 15 is 4.39 Å². The zero-order chi connectivity index (χ0) is 25.8. The molecular weight excluding hydrogens is 578 g/mol. The molecule has 0 aromatic heterocycles. The Morgan fingerprint density at radius 1 is 1.05 bits per heavy atom. The van der Waals surface area contributed by atoms with Crippen LogP contribution in [0.4, 0.5) is 22.0 Å². The first-order chi connectivity index (χ1) is 16.2. The number of nitrogens with one attached hydrogen (secondary N) is 1. The molecule has 14 heteroatoms. The fourth-order valence-corrected chi connectivity index (χ4v) is 9.46. The van der Waals surface area contributed by atoms with Gasteiger partial charge in [-0.05, 0) is 80.5 Å². The molecule has 1 saturated heterocycles. The van der Waals surface area contributed by atoms with E-state index in [1.807, 2.05) is 0 Å². The summed E-state index contributed by atoms with van der Waals surface area (Å²) >= 11 is 0. The van der Waals surface area contributed by atoms with E-state index in [4.69, 9.17) is 0 Å². The quantitative estimate of drug-likeness (QED) is 0.489. The van der Waals surface area contributed by atoms with Gasteiger partial charge < -0.3 is 0 Å². The minimum Gasteiger partial charge on any atom is -0.223 e. The molecule has 0 radical (unpaired) electrons. The van der Waals surface area contributed by atoms with E-state index in [1.165, 1.54) is 0 Å². The second kappa shape index (κ2) is 11.0. The highest BCUT2D eigenvalue weighted by Crippen LogP contribution is 2.52. The maximum atomic E-state index is 15.1. The molecule has 4 rings (SSSR count). The van der Waals surface area contributed by atoms with Crippen LogP contribution in [0.5, 0.6) is 0 Å². The smallest absolute Gasteiger partial charge is 0.223 e. The molecule has 2 aromatic carbocycles. The molecule has 0 bridgehead atoms.